The summed E-state index contributed by atoms with van der Waals surface area (Å²) in [7, 11) is 1.40. The average molecular weight is 146 g/mol. The van der Waals surface area contributed by atoms with Crippen LogP contribution in [0.2, 0.25) is 0 Å². The standard InChI is InChI=1S/C6H10O4/c1-9-6-4(7)2-3-5(8)10-6/h4,6-7H,2-3H2,1H3/t4-,6-/m1/s1. The summed E-state index contributed by atoms with van der Waals surface area (Å²) >= 11 is 0. The number of carbonyl (C=O) groups excluding carboxylic acids is 1. The van der Waals surface area contributed by atoms with Crippen molar-refractivity contribution >= 4 is 5.97 Å². The SMILES string of the molecule is CO[C@@H]1OC(=O)CC[C@H]1O. The first-order valence-electron chi connectivity index (χ1n) is 3.14. The van der Waals surface area contributed by atoms with Crippen LogP contribution in [-0.4, -0.2) is 30.6 Å². The molecule has 1 saturated heterocycles. The van der Waals surface area contributed by atoms with Gasteiger partial charge in [0.05, 0.1) is 0 Å². The molecule has 0 aromatic rings. The number of aliphatic hydroxyl groups is 1. The molecule has 4 heteroatoms. The minimum absolute atomic E-state index is 0.279. The van der Waals surface area contributed by atoms with Crippen LogP contribution in [0, 0.1) is 0 Å². The number of hydrogen-bond donors (Lipinski definition) is 1. The van der Waals surface area contributed by atoms with Gasteiger partial charge in [-0.05, 0) is 6.42 Å². The van der Waals surface area contributed by atoms with E-state index >= 15 is 0 Å². The molecule has 1 heterocycles. The third-order valence-corrected chi connectivity index (χ3v) is 1.44. The fourth-order valence-electron chi connectivity index (χ4n) is 0.874. The van der Waals surface area contributed by atoms with Crippen molar-refractivity contribution in [3.63, 3.8) is 0 Å². The number of esters is 1. The van der Waals surface area contributed by atoms with Crippen LogP contribution in [0.25, 0.3) is 0 Å². The summed E-state index contributed by atoms with van der Waals surface area (Å²) in [4.78, 5) is 10.6. The van der Waals surface area contributed by atoms with Crippen molar-refractivity contribution in [2.24, 2.45) is 0 Å². The van der Waals surface area contributed by atoms with Crippen LogP contribution in [0.3, 0.4) is 0 Å². The number of ether oxygens (including phenoxy) is 2. The molecular formula is C6H10O4. The predicted molar refractivity (Wildman–Crippen MR) is 32.1 cm³/mol. The Hall–Kier alpha value is -0.610. The highest BCUT2D eigenvalue weighted by Gasteiger charge is 2.28. The number of rotatable bonds is 1. The minimum Gasteiger partial charge on any atom is -0.433 e. The molecule has 0 spiro atoms. The number of aliphatic hydroxyl groups excluding tert-OH is 1. The first kappa shape index (κ1) is 7.50. The van der Waals surface area contributed by atoms with E-state index < -0.39 is 12.4 Å². The zero-order chi connectivity index (χ0) is 7.56. The number of cyclic esters (lactones) is 1. The van der Waals surface area contributed by atoms with Gasteiger partial charge in [-0.25, -0.2) is 0 Å². The average Bonchev–Trinajstić information content (AvgIpc) is 1.94. The van der Waals surface area contributed by atoms with Crippen LogP contribution in [0.1, 0.15) is 12.8 Å². The predicted octanol–water partition coefficient (Wildman–Crippen LogP) is -0.343. The molecule has 0 aliphatic carbocycles. The maximum atomic E-state index is 10.6. The smallest absolute Gasteiger partial charge is 0.308 e. The lowest BCUT2D eigenvalue weighted by molar-refractivity contribution is -0.208. The van der Waals surface area contributed by atoms with Gasteiger partial charge in [-0.2, -0.15) is 0 Å². The Morgan fingerprint density at radius 1 is 1.80 bits per heavy atom. The zero-order valence-corrected chi connectivity index (χ0v) is 5.74. The minimum atomic E-state index is -0.763. The van der Waals surface area contributed by atoms with E-state index in [1.807, 2.05) is 0 Å². The highest BCUT2D eigenvalue weighted by molar-refractivity contribution is 5.70. The molecule has 0 amide bonds. The van der Waals surface area contributed by atoms with Gasteiger partial charge in [-0.1, -0.05) is 0 Å². The van der Waals surface area contributed by atoms with E-state index in [0.29, 0.717) is 6.42 Å². The van der Waals surface area contributed by atoms with Crippen LogP contribution >= 0.6 is 0 Å². The van der Waals surface area contributed by atoms with Gasteiger partial charge in [0.25, 0.3) is 0 Å². The summed E-state index contributed by atoms with van der Waals surface area (Å²) < 4.78 is 9.32. The second kappa shape index (κ2) is 2.98. The van der Waals surface area contributed by atoms with E-state index in [1.165, 1.54) is 7.11 Å². The van der Waals surface area contributed by atoms with Gasteiger partial charge in [0, 0.05) is 13.5 Å². The summed E-state index contributed by atoms with van der Waals surface area (Å²) in [5.74, 6) is -0.308. The molecule has 1 fully saturated rings. The van der Waals surface area contributed by atoms with Gasteiger partial charge >= 0.3 is 5.97 Å². The molecule has 0 radical (unpaired) electrons. The zero-order valence-electron chi connectivity index (χ0n) is 5.74. The van der Waals surface area contributed by atoms with Crippen LogP contribution < -0.4 is 0 Å². The Morgan fingerprint density at radius 2 is 2.50 bits per heavy atom. The topological polar surface area (TPSA) is 55.8 Å². The summed E-state index contributed by atoms with van der Waals surface area (Å²) in [5.41, 5.74) is 0. The van der Waals surface area contributed by atoms with Crippen molar-refractivity contribution in [2.45, 2.75) is 25.2 Å². The summed E-state index contributed by atoms with van der Waals surface area (Å²) in [6.45, 7) is 0. The van der Waals surface area contributed by atoms with E-state index in [4.69, 9.17) is 5.11 Å². The summed E-state index contributed by atoms with van der Waals surface area (Å²) in [5, 5.41) is 9.08. The number of methoxy groups -OCH3 is 1. The Balaban J connectivity index is 2.45. The van der Waals surface area contributed by atoms with E-state index in [1.54, 1.807) is 0 Å². The maximum absolute atomic E-state index is 10.6. The van der Waals surface area contributed by atoms with E-state index in [2.05, 4.69) is 9.47 Å². The quantitative estimate of drug-likeness (QED) is 0.514. The van der Waals surface area contributed by atoms with Gasteiger partial charge in [-0.15, -0.1) is 0 Å². The lowest BCUT2D eigenvalue weighted by Gasteiger charge is -2.25. The Morgan fingerprint density at radius 3 is 3.00 bits per heavy atom. The fourth-order valence-corrected chi connectivity index (χ4v) is 0.874. The number of carbonyl (C=O) groups is 1. The lowest BCUT2D eigenvalue weighted by Crippen LogP contribution is -2.37. The molecule has 2 atom stereocenters. The molecule has 0 aromatic carbocycles. The van der Waals surface area contributed by atoms with Gasteiger partial charge in [-0.3, -0.25) is 4.79 Å². The lowest BCUT2D eigenvalue weighted by atomic mass is 10.1. The van der Waals surface area contributed by atoms with Crippen molar-refractivity contribution in [3.05, 3.63) is 0 Å². The van der Waals surface area contributed by atoms with Crippen molar-refractivity contribution < 1.29 is 19.4 Å². The van der Waals surface area contributed by atoms with Crippen LogP contribution in [0.15, 0.2) is 0 Å². The van der Waals surface area contributed by atoms with E-state index in [0.717, 1.165) is 0 Å². The second-order valence-corrected chi connectivity index (χ2v) is 2.20. The van der Waals surface area contributed by atoms with Crippen molar-refractivity contribution in [1.29, 1.82) is 0 Å². The molecule has 1 N–H and O–H groups in total. The van der Waals surface area contributed by atoms with Crippen LogP contribution in [0.4, 0.5) is 0 Å². The second-order valence-electron chi connectivity index (χ2n) is 2.20. The van der Waals surface area contributed by atoms with Crippen molar-refractivity contribution in [2.75, 3.05) is 7.11 Å². The Labute approximate surface area is 58.7 Å². The highest BCUT2D eigenvalue weighted by atomic mass is 16.7. The molecular weight excluding hydrogens is 136 g/mol. The molecule has 58 valence electrons. The van der Waals surface area contributed by atoms with Crippen LogP contribution in [-0.2, 0) is 14.3 Å². The largest absolute Gasteiger partial charge is 0.433 e. The van der Waals surface area contributed by atoms with Crippen LogP contribution in [0.5, 0.6) is 0 Å². The maximum Gasteiger partial charge on any atom is 0.308 e. The fraction of sp³-hybridized carbons (Fsp3) is 0.833. The third-order valence-electron chi connectivity index (χ3n) is 1.44. The monoisotopic (exact) mass is 146 g/mol. The Kier molecular flexibility index (Phi) is 2.24. The molecule has 4 nitrogen and oxygen atoms in total. The molecule has 0 aromatic heterocycles. The number of hydrogen-bond acceptors (Lipinski definition) is 4. The molecule has 0 bridgehead atoms. The van der Waals surface area contributed by atoms with Gasteiger partial charge in [0.1, 0.15) is 6.10 Å². The molecule has 0 saturated carbocycles. The van der Waals surface area contributed by atoms with Crippen molar-refractivity contribution in [1.82, 2.24) is 0 Å². The van der Waals surface area contributed by atoms with Gasteiger partial charge < -0.3 is 14.6 Å². The van der Waals surface area contributed by atoms with Crippen molar-refractivity contribution in [3.8, 4) is 0 Å². The third kappa shape index (κ3) is 1.46. The first-order valence-corrected chi connectivity index (χ1v) is 3.14. The molecule has 0 unspecified atom stereocenters. The molecule has 1 aliphatic heterocycles. The Bertz CT molecular complexity index is 134. The first-order chi connectivity index (χ1) is 4.74. The van der Waals surface area contributed by atoms with Gasteiger partial charge in [0.2, 0.25) is 6.29 Å². The van der Waals surface area contributed by atoms with E-state index in [9.17, 15) is 4.79 Å². The van der Waals surface area contributed by atoms with E-state index in [-0.39, 0.29) is 12.4 Å². The molecule has 1 rings (SSSR count). The van der Waals surface area contributed by atoms with Gasteiger partial charge in [0.15, 0.2) is 0 Å². The summed E-state index contributed by atoms with van der Waals surface area (Å²) in [6.07, 6.45) is -0.720. The summed E-state index contributed by atoms with van der Waals surface area (Å²) in [6, 6.07) is 0. The molecule has 1 aliphatic rings. The normalized spacial score (nSPS) is 33.6. The molecule has 10 heavy (non-hydrogen) atoms. The highest BCUT2D eigenvalue weighted by Crippen LogP contribution is 2.14.